The molecular weight excluding hydrogens is 280 g/mol. The molecule has 5 nitrogen and oxygen atoms in total. The molecule has 1 aliphatic rings. The Morgan fingerprint density at radius 1 is 1.27 bits per heavy atom. The van der Waals surface area contributed by atoms with Crippen molar-refractivity contribution in [1.82, 2.24) is 5.32 Å². The Morgan fingerprint density at radius 3 is 2.55 bits per heavy atom. The third-order valence-electron chi connectivity index (χ3n) is 4.32. The number of benzene rings is 1. The van der Waals surface area contributed by atoms with Crippen molar-refractivity contribution in [3.63, 3.8) is 0 Å². The van der Waals surface area contributed by atoms with Gasteiger partial charge in [-0.05, 0) is 49.4 Å². The minimum Gasteiger partial charge on any atom is -0.497 e. The molecule has 2 rings (SSSR count). The molecule has 3 N–H and O–H groups in total. The molecule has 0 bridgehead atoms. The average Bonchev–Trinajstić information content (AvgIpc) is 2.56. The Hall–Kier alpha value is -1.75. The maximum absolute atomic E-state index is 12.2. The molecule has 122 valence electrons. The van der Waals surface area contributed by atoms with E-state index in [9.17, 15) is 9.90 Å². The molecule has 1 unspecified atom stereocenters. The van der Waals surface area contributed by atoms with Crippen LogP contribution in [0.5, 0.6) is 5.75 Å². The van der Waals surface area contributed by atoms with Gasteiger partial charge in [-0.3, -0.25) is 0 Å². The quantitative estimate of drug-likeness (QED) is 0.756. The number of aliphatic hydroxyl groups is 1. The Kier molecular flexibility index (Phi) is 6.52. The van der Waals surface area contributed by atoms with Gasteiger partial charge in [0.2, 0.25) is 0 Å². The number of anilines is 1. The molecule has 0 radical (unpaired) electrons. The van der Waals surface area contributed by atoms with Gasteiger partial charge in [0.05, 0.1) is 7.11 Å². The first kappa shape index (κ1) is 16.6. The maximum atomic E-state index is 12.2. The summed E-state index contributed by atoms with van der Waals surface area (Å²) in [6, 6.07) is 7.06. The zero-order chi connectivity index (χ0) is 15.8. The van der Waals surface area contributed by atoms with Gasteiger partial charge in [-0.1, -0.05) is 19.3 Å². The van der Waals surface area contributed by atoms with Gasteiger partial charge >= 0.3 is 6.03 Å². The van der Waals surface area contributed by atoms with Gasteiger partial charge in [0.1, 0.15) is 5.75 Å². The van der Waals surface area contributed by atoms with E-state index in [2.05, 4.69) is 10.6 Å². The number of rotatable bonds is 6. The van der Waals surface area contributed by atoms with Crippen LogP contribution in [0.4, 0.5) is 10.5 Å². The van der Waals surface area contributed by atoms with Crippen molar-refractivity contribution in [3.8, 4) is 5.75 Å². The third kappa shape index (κ3) is 4.91. The van der Waals surface area contributed by atoms with Gasteiger partial charge in [0.25, 0.3) is 0 Å². The average molecular weight is 306 g/mol. The SMILES string of the molecule is COc1ccc(NC(=O)NC(CCO)C2CCCCC2)cc1. The predicted octanol–water partition coefficient (Wildman–Crippen LogP) is 3.15. The summed E-state index contributed by atoms with van der Waals surface area (Å²) in [6.07, 6.45) is 6.59. The van der Waals surface area contributed by atoms with Gasteiger partial charge in [-0.2, -0.15) is 0 Å². The van der Waals surface area contributed by atoms with Crippen LogP contribution in [-0.4, -0.2) is 30.9 Å². The van der Waals surface area contributed by atoms with Crippen LogP contribution < -0.4 is 15.4 Å². The van der Waals surface area contributed by atoms with E-state index in [0.29, 0.717) is 12.3 Å². The van der Waals surface area contributed by atoms with Gasteiger partial charge in [-0.15, -0.1) is 0 Å². The van der Waals surface area contributed by atoms with Gasteiger partial charge in [0, 0.05) is 18.3 Å². The minimum atomic E-state index is -0.214. The molecular formula is C17H26N2O3. The molecule has 0 heterocycles. The van der Waals surface area contributed by atoms with Crippen molar-refractivity contribution in [2.75, 3.05) is 19.0 Å². The molecule has 0 saturated heterocycles. The Labute approximate surface area is 132 Å². The van der Waals surface area contributed by atoms with Gasteiger partial charge in [0.15, 0.2) is 0 Å². The van der Waals surface area contributed by atoms with Crippen LogP contribution in [0.15, 0.2) is 24.3 Å². The summed E-state index contributed by atoms with van der Waals surface area (Å²) >= 11 is 0. The second kappa shape index (κ2) is 8.63. The molecule has 1 saturated carbocycles. The number of methoxy groups -OCH3 is 1. The highest BCUT2D eigenvalue weighted by Gasteiger charge is 2.24. The summed E-state index contributed by atoms with van der Waals surface area (Å²) in [5.41, 5.74) is 0.727. The van der Waals surface area contributed by atoms with E-state index in [1.54, 1.807) is 19.2 Å². The molecule has 5 heteroatoms. The minimum absolute atomic E-state index is 0.0450. The lowest BCUT2D eigenvalue weighted by Crippen LogP contribution is -2.43. The normalized spacial score (nSPS) is 16.8. The fourth-order valence-electron chi connectivity index (χ4n) is 3.11. The molecule has 1 atom stereocenters. The van der Waals surface area contributed by atoms with Crippen LogP contribution in [0.1, 0.15) is 38.5 Å². The van der Waals surface area contributed by atoms with Crippen LogP contribution in [0.3, 0.4) is 0 Å². The van der Waals surface area contributed by atoms with E-state index < -0.39 is 0 Å². The molecule has 1 fully saturated rings. The van der Waals surface area contributed by atoms with E-state index in [0.717, 1.165) is 24.3 Å². The Balaban J connectivity index is 1.89. The molecule has 1 aromatic rings. The van der Waals surface area contributed by atoms with E-state index >= 15 is 0 Å². The van der Waals surface area contributed by atoms with Crippen LogP contribution in [0.25, 0.3) is 0 Å². The highest BCUT2D eigenvalue weighted by Crippen LogP contribution is 2.27. The molecule has 1 aliphatic carbocycles. The number of nitrogens with one attached hydrogen (secondary N) is 2. The first-order valence-electron chi connectivity index (χ1n) is 8.05. The third-order valence-corrected chi connectivity index (χ3v) is 4.32. The second-order valence-corrected chi connectivity index (χ2v) is 5.84. The summed E-state index contributed by atoms with van der Waals surface area (Å²) in [4.78, 5) is 12.2. The van der Waals surface area contributed by atoms with E-state index in [-0.39, 0.29) is 18.7 Å². The Morgan fingerprint density at radius 2 is 1.95 bits per heavy atom. The molecule has 22 heavy (non-hydrogen) atoms. The fourth-order valence-corrected chi connectivity index (χ4v) is 3.11. The fraction of sp³-hybridized carbons (Fsp3) is 0.588. The largest absolute Gasteiger partial charge is 0.497 e. The van der Waals surface area contributed by atoms with E-state index in [4.69, 9.17) is 4.74 Å². The standard InChI is InChI=1S/C17H26N2O3/c1-22-15-9-7-14(8-10-15)18-17(21)19-16(11-12-20)13-5-3-2-4-6-13/h7-10,13,16,20H,2-6,11-12H2,1H3,(H2,18,19,21). The van der Waals surface area contributed by atoms with E-state index in [1.165, 1.54) is 19.3 Å². The summed E-state index contributed by atoms with van der Waals surface area (Å²) in [7, 11) is 1.61. The van der Waals surface area contributed by atoms with E-state index in [1.807, 2.05) is 12.1 Å². The summed E-state index contributed by atoms with van der Waals surface area (Å²) < 4.78 is 5.09. The number of amides is 2. The highest BCUT2D eigenvalue weighted by atomic mass is 16.5. The number of aliphatic hydroxyl groups excluding tert-OH is 1. The number of urea groups is 1. The lowest BCUT2D eigenvalue weighted by atomic mass is 9.83. The zero-order valence-corrected chi connectivity index (χ0v) is 13.2. The molecule has 2 amide bonds. The second-order valence-electron chi connectivity index (χ2n) is 5.84. The number of ether oxygens (including phenoxy) is 1. The smallest absolute Gasteiger partial charge is 0.319 e. The lowest BCUT2D eigenvalue weighted by Gasteiger charge is -2.30. The first-order valence-corrected chi connectivity index (χ1v) is 8.05. The molecule has 0 aromatic heterocycles. The van der Waals surface area contributed by atoms with Crippen molar-refractivity contribution in [2.45, 2.75) is 44.6 Å². The number of hydrogen-bond acceptors (Lipinski definition) is 3. The monoisotopic (exact) mass is 306 g/mol. The van der Waals surface area contributed by atoms with Crippen molar-refractivity contribution in [1.29, 1.82) is 0 Å². The number of carbonyl (C=O) groups excluding carboxylic acids is 1. The van der Waals surface area contributed by atoms with Crippen molar-refractivity contribution >= 4 is 11.7 Å². The van der Waals surface area contributed by atoms with Crippen molar-refractivity contribution in [2.24, 2.45) is 5.92 Å². The van der Waals surface area contributed by atoms with Gasteiger partial charge < -0.3 is 20.5 Å². The summed E-state index contributed by atoms with van der Waals surface area (Å²) in [5, 5.41) is 15.1. The molecule has 0 aliphatic heterocycles. The topological polar surface area (TPSA) is 70.6 Å². The number of carbonyl (C=O) groups is 1. The summed E-state index contributed by atoms with van der Waals surface area (Å²) in [5.74, 6) is 1.23. The van der Waals surface area contributed by atoms with Crippen LogP contribution in [-0.2, 0) is 0 Å². The van der Waals surface area contributed by atoms with Crippen molar-refractivity contribution in [3.05, 3.63) is 24.3 Å². The van der Waals surface area contributed by atoms with Crippen LogP contribution in [0.2, 0.25) is 0 Å². The predicted molar refractivity (Wildman–Crippen MR) is 87.2 cm³/mol. The zero-order valence-electron chi connectivity index (χ0n) is 13.2. The summed E-state index contributed by atoms with van der Waals surface area (Å²) in [6.45, 7) is 0.101. The van der Waals surface area contributed by atoms with Crippen molar-refractivity contribution < 1.29 is 14.6 Å². The molecule has 0 spiro atoms. The molecule has 1 aromatic carbocycles. The maximum Gasteiger partial charge on any atom is 0.319 e. The van der Waals surface area contributed by atoms with Gasteiger partial charge in [-0.25, -0.2) is 4.79 Å². The first-order chi connectivity index (χ1) is 10.7. The lowest BCUT2D eigenvalue weighted by molar-refractivity contribution is 0.202. The Bertz CT molecular complexity index is 455. The highest BCUT2D eigenvalue weighted by molar-refractivity contribution is 5.89. The van der Waals surface area contributed by atoms with Crippen LogP contribution >= 0.6 is 0 Å². The number of hydrogen-bond donors (Lipinski definition) is 3. The van der Waals surface area contributed by atoms with Crippen LogP contribution in [0, 0.1) is 5.92 Å².